The molecule has 0 atom stereocenters. The smallest absolute Gasteiger partial charge is 0.262 e. The van der Waals surface area contributed by atoms with E-state index in [2.05, 4.69) is 11.6 Å². The van der Waals surface area contributed by atoms with Crippen LogP contribution >= 0.6 is 11.6 Å². The maximum Gasteiger partial charge on any atom is 0.262 e. The van der Waals surface area contributed by atoms with Crippen molar-refractivity contribution in [3.05, 3.63) is 42.2 Å². The molecule has 5 nitrogen and oxygen atoms in total. The SMILES string of the molecule is C=CCN(C1CC1)S(=O)(=O)c1c(Cl)nc2ccccn12. The molecule has 20 heavy (non-hydrogen) atoms. The fourth-order valence-corrected chi connectivity index (χ4v) is 4.48. The molecule has 0 spiro atoms. The zero-order valence-electron chi connectivity index (χ0n) is 10.7. The Morgan fingerprint density at radius 2 is 2.25 bits per heavy atom. The zero-order valence-corrected chi connectivity index (χ0v) is 12.3. The molecule has 0 N–H and O–H groups in total. The van der Waals surface area contributed by atoms with E-state index in [1.165, 1.54) is 8.71 Å². The first-order valence-electron chi connectivity index (χ1n) is 6.31. The third kappa shape index (κ3) is 2.13. The molecule has 2 aromatic rings. The molecule has 7 heteroatoms. The lowest BCUT2D eigenvalue weighted by molar-refractivity contribution is 0.433. The fraction of sp³-hybridized carbons (Fsp3) is 0.308. The van der Waals surface area contributed by atoms with Crippen LogP contribution in [0.1, 0.15) is 12.8 Å². The van der Waals surface area contributed by atoms with E-state index in [-0.39, 0.29) is 22.8 Å². The summed E-state index contributed by atoms with van der Waals surface area (Å²) in [5, 5.41) is 0.0365. The molecule has 0 saturated heterocycles. The first-order valence-corrected chi connectivity index (χ1v) is 8.13. The molecule has 0 radical (unpaired) electrons. The van der Waals surface area contributed by atoms with Crippen LogP contribution in [0.5, 0.6) is 0 Å². The number of hydrogen-bond acceptors (Lipinski definition) is 3. The first-order chi connectivity index (χ1) is 9.55. The van der Waals surface area contributed by atoms with Gasteiger partial charge < -0.3 is 0 Å². The number of sulfonamides is 1. The van der Waals surface area contributed by atoms with Gasteiger partial charge in [-0.05, 0) is 25.0 Å². The maximum atomic E-state index is 12.8. The van der Waals surface area contributed by atoms with Crippen LogP contribution in [-0.4, -0.2) is 34.7 Å². The Balaban J connectivity index is 2.17. The number of fused-ring (bicyclic) bond motifs is 1. The Morgan fingerprint density at radius 3 is 2.90 bits per heavy atom. The van der Waals surface area contributed by atoms with Gasteiger partial charge in [-0.15, -0.1) is 6.58 Å². The summed E-state index contributed by atoms with van der Waals surface area (Å²) in [6.07, 6.45) is 5.00. The molecule has 1 aliphatic carbocycles. The Kier molecular flexibility index (Phi) is 3.32. The van der Waals surface area contributed by atoms with Crippen molar-refractivity contribution in [3.63, 3.8) is 0 Å². The highest BCUT2D eigenvalue weighted by Crippen LogP contribution is 2.34. The first kappa shape index (κ1) is 13.6. The highest BCUT2D eigenvalue weighted by atomic mass is 35.5. The van der Waals surface area contributed by atoms with E-state index in [4.69, 9.17) is 11.6 Å². The second kappa shape index (κ2) is 4.87. The van der Waals surface area contributed by atoms with Gasteiger partial charge in [0.2, 0.25) is 0 Å². The second-order valence-electron chi connectivity index (χ2n) is 4.73. The molecule has 2 aromatic heterocycles. The van der Waals surface area contributed by atoms with Crippen LogP contribution in [0.2, 0.25) is 5.15 Å². The standard InChI is InChI=1S/C13H14ClN3O2S/c1-2-8-17(10-6-7-10)20(18,19)13-12(14)15-11-5-3-4-9-16(11)13/h2-5,9-10H,1,6-8H2. The Bertz CT molecular complexity index is 765. The van der Waals surface area contributed by atoms with E-state index in [0.717, 1.165) is 12.8 Å². The number of hydrogen-bond donors (Lipinski definition) is 0. The van der Waals surface area contributed by atoms with Crippen molar-refractivity contribution in [2.45, 2.75) is 23.9 Å². The van der Waals surface area contributed by atoms with Crippen molar-refractivity contribution >= 4 is 27.3 Å². The average Bonchev–Trinajstić information content (AvgIpc) is 3.16. The summed E-state index contributed by atoms with van der Waals surface area (Å²) in [5.74, 6) is 0. The normalized spacial score (nSPS) is 15.9. The minimum Gasteiger partial charge on any atom is -0.288 e. The summed E-state index contributed by atoms with van der Waals surface area (Å²) in [6, 6.07) is 5.30. The quantitative estimate of drug-likeness (QED) is 0.796. The van der Waals surface area contributed by atoms with Gasteiger partial charge in [-0.25, -0.2) is 13.4 Å². The van der Waals surface area contributed by atoms with Crippen molar-refractivity contribution in [2.75, 3.05) is 6.54 Å². The average molecular weight is 312 g/mol. The molecular formula is C13H14ClN3O2S. The van der Waals surface area contributed by atoms with Gasteiger partial charge >= 0.3 is 0 Å². The molecule has 0 unspecified atom stereocenters. The predicted octanol–water partition coefficient (Wildman–Crippen LogP) is 2.33. The van der Waals surface area contributed by atoms with Crippen LogP contribution in [0.4, 0.5) is 0 Å². The summed E-state index contributed by atoms with van der Waals surface area (Å²) in [6.45, 7) is 3.91. The van der Waals surface area contributed by atoms with Gasteiger partial charge in [-0.1, -0.05) is 23.7 Å². The summed E-state index contributed by atoms with van der Waals surface area (Å²) >= 11 is 6.06. The molecular weight excluding hydrogens is 298 g/mol. The summed E-state index contributed by atoms with van der Waals surface area (Å²) < 4.78 is 28.6. The van der Waals surface area contributed by atoms with Crippen LogP contribution in [0, 0.1) is 0 Å². The Morgan fingerprint density at radius 1 is 1.50 bits per heavy atom. The third-order valence-corrected chi connectivity index (χ3v) is 5.58. The molecule has 2 heterocycles. The topological polar surface area (TPSA) is 54.7 Å². The van der Waals surface area contributed by atoms with E-state index in [9.17, 15) is 8.42 Å². The lowest BCUT2D eigenvalue weighted by Crippen LogP contribution is -2.34. The van der Waals surface area contributed by atoms with Crippen LogP contribution in [0.25, 0.3) is 5.65 Å². The summed E-state index contributed by atoms with van der Waals surface area (Å²) in [4.78, 5) is 4.10. The fourth-order valence-electron chi connectivity index (χ4n) is 2.22. The van der Waals surface area contributed by atoms with Gasteiger partial charge in [0, 0.05) is 18.8 Å². The van der Waals surface area contributed by atoms with E-state index in [1.54, 1.807) is 30.5 Å². The van der Waals surface area contributed by atoms with Crippen molar-refractivity contribution in [3.8, 4) is 0 Å². The van der Waals surface area contributed by atoms with Crippen molar-refractivity contribution in [1.82, 2.24) is 13.7 Å². The minimum absolute atomic E-state index is 0.00547. The molecule has 1 fully saturated rings. The Labute approximate surface area is 122 Å². The Hall–Kier alpha value is -1.37. The predicted molar refractivity (Wildman–Crippen MR) is 77.3 cm³/mol. The van der Waals surface area contributed by atoms with E-state index in [1.807, 2.05) is 0 Å². The van der Waals surface area contributed by atoms with Crippen LogP contribution < -0.4 is 0 Å². The van der Waals surface area contributed by atoms with Gasteiger partial charge in [-0.3, -0.25) is 4.40 Å². The third-order valence-electron chi connectivity index (χ3n) is 3.26. The van der Waals surface area contributed by atoms with Crippen molar-refractivity contribution in [2.24, 2.45) is 0 Å². The molecule has 0 aliphatic heterocycles. The number of imidazole rings is 1. The number of rotatable bonds is 5. The molecule has 3 rings (SSSR count). The van der Waals surface area contributed by atoms with Crippen LogP contribution in [-0.2, 0) is 10.0 Å². The van der Waals surface area contributed by atoms with Crippen molar-refractivity contribution < 1.29 is 8.42 Å². The van der Waals surface area contributed by atoms with Gasteiger partial charge in [0.25, 0.3) is 10.0 Å². The van der Waals surface area contributed by atoms with Crippen LogP contribution in [0.3, 0.4) is 0 Å². The van der Waals surface area contributed by atoms with Crippen LogP contribution in [0.15, 0.2) is 42.1 Å². The monoisotopic (exact) mass is 311 g/mol. The maximum absolute atomic E-state index is 12.8. The zero-order chi connectivity index (χ0) is 14.3. The molecule has 1 aliphatic rings. The molecule has 106 valence electrons. The highest BCUT2D eigenvalue weighted by molar-refractivity contribution is 7.89. The number of halogens is 1. The lowest BCUT2D eigenvalue weighted by Gasteiger charge is -2.19. The molecule has 1 saturated carbocycles. The van der Waals surface area contributed by atoms with E-state index < -0.39 is 10.0 Å². The largest absolute Gasteiger partial charge is 0.288 e. The lowest BCUT2D eigenvalue weighted by atomic mass is 10.5. The summed E-state index contributed by atoms with van der Waals surface area (Å²) in [7, 11) is -3.68. The summed E-state index contributed by atoms with van der Waals surface area (Å²) in [5.41, 5.74) is 0.519. The number of aromatic nitrogens is 2. The van der Waals surface area contributed by atoms with E-state index >= 15 is 0 Å². The molecule has 0 bridgehead atoms. The number of nitrogens with zero attached hydrogens (tertiary/aromatic N) is 3. The molecule has 0 aromatic carbocycles. The van der Waals surface area contributed by atoms with E-state index in [0.29, 0.717) is 5.65 Å². The molecule has 0 amide bonds. The van der Waals surface area contributed by atoms with Gasteiger partial charge in [0.1, 0.15) is 5.65 Å². The van der Waals surface area contributed by atoms with Gasteiger partial charge in [0.15, 0.2) is 10.2 Å². The van der Waals surface area contributed by atoms with Crippen molar-refractivity contribution in [1.29, 1.82) is 0 Å². The highest BCUT2D eigenvalue weighted by Gasteiger charge is 2.40. The number of pyridine rings is 1. The minimum atomic E-state index is -3.68. The second-order valence-corrected chi connectivity index (χ2v) is 6.90. The van der Waals surface area contributed by atoms with Gasteiger partial charge in [0.05, 0.1) is 0 Å². The van der Waals surface area contributed by atoms with Gasteiger partial charge in [-0.2, -0.15) is 4.31 Å².